The van der Waals surface area contributed by atoms with Crippen LogP contribution in [0.1, 0.15) is 17.3 Å². The molecule has 0 spiro atoms. The van der Waals surface area contributed by atoms with Crippen LogP contribution >= 0.6 is 11.6 Å². The van der Waals surface area contributed by atoms with Crippen LogP contribution in [0.3, 0.4) is 0 Å². The predicted molar refractivity (Wildman–Crippen MR) is 116 cm³/mol. The normalized spacial score (nSPS) is 21.2. The van der Waals surface area contributed by atoms with Crippen molar-refractivity contribution in [1.82, 2.24) is 4.90 Å². The number of amides is 2. The Labute approximate surface area is 180 Å². The number of hydrogen-bond acceptors (Lipinski definition) is 5. The largest absolute Gasteiger partial charge is 0.368 e. The minimum Gasteiger partial charge on any atom is -0.368 e. The molecule has 0 aliphatic carbocycles. The fourth-order valence-corrected chi connectivity index (χ4v) is 5.94. The number of halogens is 1. The molecule has 2 heterocycles. The van der Waals surface area contributed by atoms with E-state index in [1.54, 1.807) is 17.9 Å². The minimum atomic E-state index is -3.80. The zero-order chi connectivity index (χ0) is 21.5. The minimum absolute atomic E-state index is 0.0415. The fourth-order valence-electron chi connectivity index (χ4n) is 3.86. The van der Waals surface area contributed by atoms with Gasteiger partial charge in [-0.05, 0) is 30.3 Å². The molecule has 7 nitrogen and oxygen atoms in total. The highest BCUT2D eigenvalue weighted by Crippen LogP contribution is 2.34. The lowest BCUT2D eigenvalue weighted by molar-refractivity contribution is -0.119. The second-order valence-corrected chi connectivity index (χ2v) is 9.83. The molecule has 2 fully saturated rings. The summed E-state index contributed by atoms with van der Waals surface area (Å²) in [4.78, 5) is 29.4. The van der Waals surface area contributed by atoms with E-state index in [4.69, 9.17) is 11.6 Å². The second-order valence-electron chi connectivity index (χ2n) is 7.56. The highest BCUT2D eigenvalue weighted by Gasteiger charge is 2.43. The van der Waals surface area contributed by atoms with Gasteiger partial charge in [-0.3, -0.25) is 9.59 Å². The molecule has 1 unspecified atom stereocenters. The molecule has 158 valence electrons. The summed E-state index contributed by atoms with van der Waals surface area (Å²) in [5.41, 5.74) is 1.47. The number of anilines is 2. The van der Waals surface area contributed by atoms with Gasteiger partial charge >= 0.3 is 0 Å². The molecule has 2 aliphatic rings. The summed E-state index contributed by atoms with van der Waals surface area (Å²) in [6.45, 7) is 4.06. The summed E-state index contributed by atoms with van der Waals surface area (Å²) in [5, 5.41) is 0.117. The Hall–Kier alpha value is -2.58. The summed E-state index contributed by atoms with van der Waals surface area (Å²) >= 11 is 6.20. The van der Waals surface area contributed by atoms with Gasteiger partial charge in [-0.2, -0.15) is 0 Å². The van der Waals surface area contributed by atoms with Gasteiger partial charge in [0.2, 0.25) is 15.9 Å². The van der Waals surface area contributed by atoms with Crippen molar-refractivity contribution >= 4 is 44.8 Å². The van der Waals surface area contributed by atoms with Gasteiger partial charge < -0.3 is 9.80 Å². The van der Waals surface area contributed by atoms with E-state index < -0.39 is 21.8 Å². The van der Waals surface area contributed by atoms with Gasteiger partial charge in [0.05, 0.1) is 22.4 Å². The molecule has 30 heavy (non-hydrogen) atoms. The first-order valence-electron chi connectivity index (χ1n) is 9.73. The summed E-state index contributed by atoms with van der Waals surface area (Å²) < 4.78 is 25.6. The summed E-state index contributed by atoms with van der Waals surface area (Å²) in [6, 6.07) is 14.4. The van der Waals surface area contributed by atoms with E-state index in [1.807, 2.05) is 30.3 Å². The third kappa shape index (κ3) is 3.77. The zero-order valence-electron chi connectivity index (χ0n) is 16.5. The molecule has 0 N–H and O–H groups in total. The summed E-state index contributed by atoms with van der Waals surface area (Å²) in [7, 11) is -3.80. The first-order valence-corrected chi connectivity index (χ1v) is 11.7. The number of sulfonamides is 1. The molecule has 0 aromatic heterocycles. The van der Waals surface area contributed by atoms with Crippen molar-refractivity contribution in [3.63, 3.8) is 0 Å². The number of hydrogen-bond donors (Lipinski definition) is 0. The third-order valence-corrected chi connectivity index (χ3v) is 7.63. The number of carbonyl (C=O) groups excluding carboxylic acids is 2. The maximum Gasteiger partial charge on any atom is 0.254 e. The van der Waals surface area contributed by atoms with E-state index in [0.717, 1.165) is 9.99 Å². The fraction of sp³-hybridized carbons (Fsp3) is 0.333. The Morgan fingerprint density at radius 2 is 1.70 bits per heavy atom. The smallest absolute Gasteiger partial charge is 0.254 e. The zero-order valence-corrected chi connectivity index (χ0v) is 18.1. The van der Waals surface area contributed by atoms with Gasteiger partial charge in [0.1, 0.15) is 0 Å². The van der Waals surface area contributed by atoms with Crippen molar-refractivity contribution in [2.75, 3.05) is 41.1 Å². The third-order valence-electron chi connectivity index (χ3n) is 5.46. The number of rotatable bonds is 3. The Bertz CT molecular complexity index is 1080. The lowest BCUT2D eigenvalue weighted by Crippen LogP contribution is -2.48. The first kappa shape index (κ1) is 20.7. The van der Waals surface area contributed by atoms with Crippen LogP contribution < -0.4 is 9.21 Å². The molecule has 0 saturated carbocycles. The van der Waals surface area contributed by atoms with Crippen LogP contribution in [0.5, 0.6) is 0 Å². The Balaban J connectivity index is 1.53. The van der Waals surface area contributed by atoms with Gasteiger partial charge in [-0.25, -0.2) is 12.7 Å². The quantitative estimate of drug-likeness (QED) is 0.722. The first-order chi connectivity index (χ1) is 14.3. The number of benzene rings is 2. The maximum absolute atomic E-state index is 13.0. The molecular weight excluding hydrogens is 426 g/mol. The molecule has 1 atom stereocenters. The molecule has 2 aromatic carbocycles. The molecule has 4 rings (SSSR count). The van der Waals surface area contributed by atoms with Gasteiger partial charge in [-0.1, -0.05) is 36.7 Å². The molecule has 2 amide bonds. The summed E-state index contributed by atoms with van der Waals surface area (Å²) in [6.07, 6.45) is 0. The molecule has 2 aliphatic heterocycles. The average molecular weight is 448 g/mol. The van der Waals surface area contributed by atoms with E-state index in [2.05, 4.69) is 4.90 Å². The van der Waals surface area contributed by atoms with Crippen molar-refractivity contribution < 1.29 is 18.0 Å². The standard InChI is InChI=1S/C21H22ClN3O4S/c1-15-14-30(28,29)25(20(15)26)19-13-16(7-8-18(19)22)21(27)24-11-9-23(10-12-24)17-5-3-2-4-6-17/h2-8,13,15H,9-12,14H2,1H3. The monoisotopic (exact) mass is 447 g/mol. The van der Waals surface area contributed by atoms with E-state index in [9.17, 15) is 18.0 Å². The van der Waals surface area contributed by atoms with Crippen LogP contribution in [0, 0.1) is 5.92 Å². The highest BCUT2D eigenvalue weighted by atomic mass is 35.5. The molecular formula is C21H22ClN3O4S. The molecule has 9 heteroatoms. The van der Waals surface area contributed by atoms with E-state index >= 15 is 0 Å². The van der Waals surface area contributed by atoms with Crippen LogP contribution in [-0.4, -0.2) is 57.1 Å². The lowest BCUT2D eigenvalue weighted by atomic mass is 10.1. The average Bonchev–Trinajstić information content (AvgIpc) is 2.95. The van der Waals surface area contributed by atoms with Crippen molar-refractivity contribution in [3.05, 3.63) is 59.1 Å². The predicted octanol–water partition coefficient (Wildman–Crippen LogP) is 2.61. The number of carbonyl (C=O) groups is 2. The van der Waals surface area contributed by atoms with E-state index in [1.165, 1.54) is 12.1 Å². The van der Waals surface area contributed by atoms with Crippen LogP contribution in [0.25, 0.3) is 0 Å². The van der Waals surface area contributed by atoms with E-state index in [0.29, 0.717) is 31.7 Å². The molecule has 0 bridgehead atoms. The van der Waals surface area contributed by atoms with Crippen molar-refractivity contribution in [3.8, 4) is 0 Å². The number of para-hydroxylation sites is 1. The highest BCUT2D eigenvalue weighted by molar-refractivity contribution is 7.94. The van der Waals surface area contributed by atoms with Gasteiger partial charge in [-0.15, -0.1) is 0 Å². The lowest BCUT2D eigenvalue weighted by Gasteiger charge is -2.36. The second kappa shape index (κ2) is 7.92. The Kier molecular flexibility index (Phi) is 5.46. The van der Waals surface area contributed by atoms with Gasteiger partial charge in [0, 0.05) is 37.4 Å². The van der Waals surface area contributed by atoms with Crippen LogP contribution in [0.2, 0.25) is 5.02 Å². The van der Waals surface area contributed by atoms with Crippen LogP contribution in [-0.2, 0) is 14.8 Å². The van der Waals surface area contributed by atoms with Gasteiger partial charge in [0.15, 0.2) is 0 Å². The Morgan fingerprint density at radius 3 is 2.30 bits per heavy atom. The van der Waals surface area contributed by atoms with Crippen LogP contribution in [0.4, 0.5) is 11.4 Å². The maximum atomic E-state index is 13.0. The molecule has 0 radical (unpaired) electrons. The van der Waals surface area contributed by atoms with E-state index in [-0.39, 0.29) is 22.4 Å². The topological polar surface area (TPSA) is 78.0 Å². The number of nitrogens with zero attached hydrogens (tertiary/aromatic N) is 3. The molecule has 2 aromatic rings. The van der Waals surface area contributed by atoms with Crippen molar-refractivity contribution in [2.45, 2.75) is 6.92 Å². The number of piperazine rings is 1. The van der Waals surface area contributed by atoms with Crippen molar-refractivity contribution in [1.29, 1.82) is 0 Å². The Morgan fingerprint density at radius 1 is 1.03 bits per heavy atom. The molecule has 2 saturated heterocycles. The SMILES string of the molecule is CC1CS(=O)(=O)N(c2cc(C(=O)N3CCN(c4ccccc4)CC3)ccc2Cl)C1=O. The van der Waals surface area contributed by atoms with Gasteiger partial charge in [0.25, 0.3) is 5.91 Å². The summed E-state index contributed by atoms with van der Waals surface area (Å²) in [5.74, 6) is -1.64. The van der Waals surface area contributed by atoms with Crippen LogP contribution in [0.15, 0.2) is 48.5 Å². The van der Waals surface area contributed by atoms with Crippen molar-refractivity contribution in [2.24, 2.45) is 5.92 Å².